The Morgan fingerprint density at radius 2 is 2.28 bits per heavy atom. The third-order valence-electron chi connectivity index (χ3n) is 3.94. The van der Waals surface area contributed by atoms with Crippen LogP contribution in [0, 0.1) is 10.7 Å². The molecule has 5 heteroatoms. The lowest BCUT2D eigenvalue weighted by Crippen LogP contribution is -2.15. The quantitative estimate of drug-likeness (QED) is 0.844. The SMILES string of the molecule is CC(C1CCCC1)n1c(-c2cccs2)n[nH]c1=S. The van der Waals surface area contributed by atoms with E-state index in [1.54, 1.807) is 11.3 Å². The van der Waals surface area contributed by atoms with Crippen molar-refractivity contribution in [1.29, 1.82) is 0 Å². The summed E-state index contributed by atoms with van der Waals surface area (Å²) in [6, 6.07) is 4.60. The Bertz CT molecular complexity index is 561. The van der Waals surface area contributed by atoms with Gasteiger partial charge in [0.05, 0.1) is 4.88 Å². The van der Waals surface area contributed by atoms with Crippen LogP contribution in [0.5, 0.6) is 0 Å². The van der Waals surface area contributed by atoms with Gasteiger partial charge in [0.2, 0.25) is 0 Å². The fourth-order valence-electron chi connectivity index (χ4n) is 2.91. The molecule has 1 saturated carbocycles. The molecule has 0 saturated heterocycles. The van der Waals surface area contributed by atoms with Crippen molar-refractivity contribution in [2.75, 3.05) is 0 Å². The zero-order valence-corrected chi connectivity index (χ0v) is 12.1. The lowest BCUT2D eigenvalue weighted by Gasteiger charge is -2.21. The zero-order valence-electron chi connectivity index (χ0n) is 10.4. The summed E-state index contributed by atoms with van der Waals surface area (Å²) in [6.45, 7) is 2.28. The topological polar surface area (TPSA) is 33.6 Å². The van der Waals surface area contributed by atoms with E-state index in [0.29, 0.717) is 6.04 Å². The second-order valence-electron chi connectivity index (χ2n) is 4.98. The number of hydrogen-bond acceptors (Lipinski definition) is 3. The van der Waals surface area contributed by atoms with Gasteiger partial charge in [-0.25, -0.2) is 0 Å². The molecule has 3 nitrogen and oxygen atoms in total. The van der Waals surface area contributed by atoms with E-state index in [1.165, 1.54) is 30.6 Å². The van der Waals surface area contributed by atoms with Gasteiger partial charge in [-0.15, -0.1) is 11.3 Å². The highest BCUT2D eigenvalue weighted by molar-refractivity contribution is 7.71. The molecule has 18 heavy (non-hydrogen) atoms. The van der Waals surface area contributed by atoms with E-state index in [0.717, 1.165) is 16.5 Å². The van der Waals surface area contributed by atoms with Crippen molar-refractivity contribution in [2.45, 2.75) is 38.6 Å². The van der Waals surface area contributed by atoms with Gasteiger partial charge in [0, 0.05) is 6.04 Å². The molecule has 1 atom stereocenters. The van der Waals surface area contributed by atoms with E-state index in [4.69, 9.17) is 12.2 Å². The van der Waals surface area contributed by atoms with Crippen LogP contribution in [-0.2, 0) is 0 Å². The summed E-state index contributed by atoms with van der Waals surface area (Å²) in [5.74, 6) is 1.74. The van der Waals surface area contributed by atoms with Crippen LogP contribution in [0.3, 0.4) is 0 Å². The first kappa shape index (κ1) is 12.1. The van der Waals surface area contributed by atoms with Gasteiger partial charge < -0.3 is 0 Å². The van der Waals surface area contributed by atoms with E-state index in [9.17, 15) is 0 Å². The molecule has 0 bridgehead atoms. The minimum absolute atomic E-state index is 0.441. The van der Waals surface area contributed by atoms with Crippen molar-refractivity contribution in [3.05, 3.63) is 22.3 Å². The first-order chi connectivity index (χ1) is 8.77. The highest BCUT2D eigenvalue weighted by Gasteiger charge is 2.25. The molecule has 0 spiro atoms. The summed E-state index contributed by atoms with van der Waals surface area (Å²) in [7, 11) is 0. The summed E-state index contributed by atoms with van der Waals surface area (Å²) < 4.78 is 2.95. The maximum absolute atomic E-state index is 5.41. The lowest BCUT2D eigenvalue weighted by atomic mass is 9.99. The summed E-state index contributed by atoms with van der Waals surface area (Å²) in [6.07, 6.45) is 5.35. The van der Waals surface area contributed by atoms with Gasteiger partial charge in [0.15, 0.2) is 10.6 Å². The van der Waals surface area contributed by atoms with E-state index in [2.05, 4.69) is 39.2 Å². The van der Waals surface area contributed by atoms with Gasteiger partial charge in [-0.2, -0.15) is 5.10 Å². The van der Waals surface area contributed by atoms with Crippen LogP contribution in [0.15, 0.2) is 17.5 Å². The lowest BCUT2D eigenvalue weighted by molar-refractivity contribution is 0.360. The van der Waals surface area contributed by atoms with Gasteiger partial charge in [0.1, 0.15) is 0 Å². The number of rotatable bonds is 3. The number of H-pyrrole nitrogens is 1. The molecule has 2 aromatic heterocycles. The summed E-state index contributed by atoms with van der Waals surface area (Å²) in [5, 5.41) is 9.44. The van der Waals surface area contributed by atoms with Gasteiger partial charge in [0.25, 0.3) is 0 Å². The van der Waals surface area contributed by atoms with Crippen molar-refractivity contribution < 1.29 is 0 Å². The van der Waals surface area contributed by atoms with Crippen LogP contribution in [-0.4, -0.2) is 14.8 Å². The van der Waals surface area contributed by atoms with Gasteiger partial charge in [-0.3, -0.25) is 9.67 Å². The van der Waals surface area contributed by atoms with Crippen molar-refractivity contribution in [3.8, 4) is 10.7 Å². The molecule has 1 unspecified atom stereocenters. The average molecular weight is 279 g/mol. The Kier molecular flexibility index (Phi) is 3.35. The Hall–Kier alpha value is -0.940. The fraction of sp³-hybridized carbons (Fsp3) is 0.538. The highest BCUT2D eigenvalue weighted by atomic mass is 32.1. The molecule has 0 aliphatic heterocycles. The third-order valence-corrected chi connectivity index (χ3v) is 5.09. The number of aromatic amines is 1. The predicted molar refractivity (Wildman–Crippen MR) is 77.4 cm³/mol. The van der Waals surface area contributed by atoms with Crippen LogP contribution in [0.1, 0.15) is 38.6 Å². The van der Waals surface area contributed by atoms with Crippen LogP contribution < -0.4 is 0 Å². The molecule has 0 amide bonds. The molecule has 2 heterocycles. The van der Waals surface area contributed by atoms with E-state index in [-0.39, 0.29) is 0 Å². The molecule has 1 N–H and O–H groups in total. The van der Waals surface area contributed by atoms with Crippen molar-refractivity contribution in [1.82, 2.24) is 14.8 Å². The first-order valence-electron chi connectivity index (χ1n) is 6.48. The monoisotopic (exact) mass is 279 g/mol. The number of aromatic nitrogens is 3. The molecule has 0 aromatic carbocycles. The molecule has 1 aliphatic rings. The van der Waals surface area contributed by atoms with Crippen LogP contribution in [0.25, 0.3) is 10.7 Å². The van der Waals surface area contributed by atoms with E-state index < -0.39 is 0 Å². The Morgan fingerprint density at radius 1 is 1.50 bits per heavy atom. The van der Waals surface area contributed by atoms with Crippen LogP contribution in [0.2, 0.25) is 0 Å². The van der Waals surface area contributed by atoms with Crippen molar-refractivity contribution >= 4 is 23.6 Å². The second kappa shape index (κ2) is 4.97. The van der Waals surface area contributed by atoms with Crippen LogP contribution in [0.4, 0.5) is 0 Å². The number of nitrogens with zero attached hydrogens (tertiary/aromatic N) is 2. The maximum atomic E-state index is 5.41. The molecule has 96 valence electrons. The fourth-order valence-corrected chi connectivity index (χ4v) is 3.92. The summed E-state index contributed by atoms with van der Waals surface area (Å²) in [5.41, 5.74) is 0. The first-order valence-corrected chi connectivity index (χ1v) is 7.77. The smallest absolute Gasteiger partial charge is 0.195 e. The standard InChI is InChI=1S/C13H17N3S2/c1-9(10-5-2-3-6-10)16-12(14-15-13(16)17)11-7-4-8-18-11/h4,7-10H,2-3,5-6H2,1H3,(H,15,17). The molecule has 3 rings (SSSR count). The molecule has 1 fully saturated rings. The van der Waals surface area contributed by atoms with Gasteiger partial charge in [-0.05, 0) is 49.3 Å². The molecule has 2 aromatic rings. The Balaban J connectivity index is 2.00. The Morgan fingerprint density at radius 3 is 2.94 bits per heavy atom. The van der Waals surface area contributed by atoms with E-state index in [1.807, 2.05) is 0 Å². The number of nitrogens with one attached hydrogen (secondary N) is 1. The van der Waals surface area contributed by atoms with Gasteiger partial charge in [-0.1, -0.05) is 18.9 Å². The minimum atomic E-state index is 0.441. The molecule has 1 aliphatic carbocycles. The van der Waals surface area contributed by atoms with Crippen molar-refractivity contribution in [2.24, 2.45) is 5.92 Å². The second-order valence-corrected chi connectivity index (χ2v) is 6.32. The number of hydrogen-bond donors (Lipinski definition) is 1. The maximum Gasteiger partial charge on any atom is 0.195 e. The van der Waals surface area contributed by atoms with Crippen molar-refractivity contribution in [3.63, 3.8) is 0 Å². The molecular formula is C13H17N3S2. The average Bonchev–Trinajstić information content (AvgIpc) is 3.10. The summed E-state index contributed by atoms with van der Waals surface area (Å²) in [4.78, 5) is 1.19. The van der Waals surface area contributed by atoms with E-state index >= 15 is 0 Å². The van der Waals surface area contributed by atoms with Crippen LogP contribution >= 0.6 is 23.6 Å². The zero-order chi connectivity index (χ0) is 12.5. The third kappa shape index (κ3) is 2.06. The molecular weight excluding hydrogens is 262 g/mol. The predicted octanol–water partition coefficient (Wildman–Crippen LogP) is 4.42. The molecule has 0 radical (unpaired) electrons. The van der Waals surface area contributed by atoms with Gasteiger partial charge >= 0.3 is 0 Å². The number of thiophene rings is 1. The highest BCUT2D eigenvalue weighted by Crippen LogP contribution is 2.36. The minimum Gasteiger partial charge on any atom is -0.296 e. The largest absolute Gasteiger partial charge is 0.296 e. The normalized spacial score (nSPS) is 18.3. The summed E-state index contributed by atoms with van der Waals surface area (Å²) >= 11 is 7.12. The Labute approximate surface area is 116 Å².